The number of aliphatic hydroxyl groups excluding tert-OH is 2. The van der Waals surface area contributed by atoms with Crippen molar-refractivity contribution in [1.82, 2.24) is 98.8 Å². The molecule has 5 aliphatic heterocycles. The fourth-order valence-electron chi connectivity index (χ4n) is 15.3. The van der Waals surface area contributed by atoms with Crippen molar-refractivity contribution < 1.29 is 38.6 Å². The highest BCUT2D eigenvalue weighted by molar-refractivity contribution is 5.72. The first kappa shape index (κ1) is 92.8. The number of pyridine rings is 1. The lowest BCUT2D eigenvalue weighted by Gasteiger charge is -2.29. The number of nitrogens with zero attached hydrogens (tertiary/aromatic N) is 27. The van der Waals surface area contributed by atoms with Gasteiger partial charge in [-0.3, -0.25) is 0 Å². The molecule has 8 aromatic heterocycles. The minimum Gasteiger partial charge on any atom is -0.494 e. The van der Waals surface area contributed by atoms with E-state index in [1.807, 2.05) is 90.8 Å². The number of likely N-dealkylation sites (N-methyl/N-ethyl adjacent to an activating group) is 2. The van der Waals surface area contributed by atoms with E-state index in [9.17, 15) is 15.5 Å². The molecule has 44 nitrogen and oxygen atoms in total. The fourth-order valence-corrected chi connectivity index (χ4v) is 15.3. The monoisotopic (exact) mass is 1790 g/mol. The minimum absolute atomic E-state index is 0.00318. The number of anilines is 19. The van der Waals surface area contributed by atoms with Gasteiger partial charge < -0.3 is 122 Å². The summed E-state index contributed by atoms with van der Waals surface area (Å²) in [5, 5.41) is 62.8. The highest BCUT2D eigenvalue weighted by Gasteiger charge is 2.26. The predicted octanol–water partition coefficient (Wildman–Crippen LogP) is 7.18. The molecule has 0 saturated carbocycles. The highest BCUT2D eigenvalue weighted by Crippen LogP contribution is 2.36. The third-order valence-corrected chi connectivity index (χ3v) is 22.1. The Morgan fingerprint density at radius 2 is 0.916 bits per heavy atom. The maximum absolute atomic E-state index is 9.86. The molecule has 0 unspecified atom stereocenters. The maximum atomic E-state index is 9.86. The summed E-state index contributed by atoms with van der Waals surface area (Å²) in [6.07, 6.45) is 8.82. The average Bonchev–Trinajstić information content (AvgIpc) is 1.71. The molecule has 2 atom stereocenters. The number of methoxy groups -OCH3 is 2. The molecule has 44 heteroatoms. The van der Waals surface area contributed by atoms with E-state index in [2.05, 4.69) is 184 Å². The average molecular weight is 1790 g/mol. The van der Waals surface area contributed by atoms with Gasteiger partial charge in [0.2, 0.25) is 47.6 Å². The molecule has 0 bridgehead atoms. The smallest absolute Gasteiger partial charge is 0.249 e. The van der Waals surface area contributed by atoms with Gasteiger partial charge in [0.15, 0.2) is 23.3 Å². The van der Waals surface area contributed by atoms with Gasteiger partial charge in [-0.1, -0.05) is 33.8 Å². The summed E-state index contributed by atoms with van der Waals surface area (Å²) < 4.78 is 38.8. The Kier molecular flexibility index (Phi) is 31.9. The van der Waals surface area contributed by atoms with Crippen molar-refractivity contribution in [3.63, 3.8) is 0 Å². The van der Waals surface area contributed by atoms with Gasteiger partial charge in [-0.25, -0.2) is 34.9 Å². The van der Waals surface area contributed by atoms with E-state index in [4.69, 9.17) is 51.4 Å². The first-order chi connectivity index (χ1) is 63.7. The van der Waals surface area contributed by atoms with Crippen LogP contribution < -0.4 is 88.4 Å². The Labute approximate surface area is 759 Å². The van der Waals surface area contributed by atoms with Crippen LogP contribution >= 0.6 is 0 Å². The van der Waals surface area contributed by atoms with Gasteiger partial charge in [0.25, 0.3) is 0 Å². The number of aliphatic hydroxyl groups is 2. The number of aromatic nitrogens is 19. The summed E-state index contributed by atoms with van der Waals surface area (Å²) in [5.41, 5.74) is 32.3. The minimum atomic E-state index is -0.115. The number of morpholine rings is 4. The molecule has 0 aliphatic carbocycles. The van der Waals surface area contributed by atoms with Gasteiger partial charge in [-0.2, -0.15) is 43.9 Å². The van der Waals surface area contributed by atoms with Gasteiger partial charge in [-0.15, -0.1) is 20.4 Å². The van der Waals surface area contributed by atoms with Crippen molar-refractivity contribution in [2.75, 3.05) is 252 Å². The Hall–Kier alpha value is -14.4. The summed E-state index contributed by atoms with van der Waals surface area (Å²) in [6, 6.07) is 38.6. The first-order valence-corrected chi connectivity index (χ1v) is 43.6. The second kappa shape index (κ2) is 45.1. The van der Waals surface area contributed by atoms with Crippen molar-refractivity contribution in [3.05, 3.63) is 146 Å². The number of hydrogen-bond donors (Lipinski definition) is 11. The maximum Gasteiger partial charge on any atom is 0.249 e. The molecule has 15 N–H and O–H groups in total. The molecule has 17 rings (SSSR count). The predicted molar refractivity (Wildman–Crippen MR) is 504 cm³/mol. The molecule has 4 aromatic carbocycles. The largest absolute Gasteiger partial charge is 0.494 e. The number of nitriles is 1. The van der Waals surface area contributed by atoms with Crippen molar-refractivity contribution in [2.45, 2.75) is 59.0 Å². The van der Waals surface area contributed by atoms with Gasteiger partial charge in [0, 0.05) is 144 Å². The summed E-state index contributed by atoms with van der Waals surface area (Å²) in [4.78, 5) is 63.1. The number of nitrogens with two attached hydrogens (primary N) is 4. The van der Waals surface area contributed by atoms with Crippen LogP contribution in [0.2, 0.25) is 0 Å². The number of benzene rings is 4. The molecule has 13 heterocycles. The second-order valence-electron chi connectivity index (χ2n) is 32.2. The van der Waals surface area contributed by atoms with Crippen LogP contribution in [0.15, 0.2) is 140 Å². The molecule has 0 spiro atoms. The zero-order valence-corrected chi connectivity index (χ0v) is 75.0. The fraction of sp³-hybridized carbons (Fsp3) is 0.425. The standard InChI is InChI=1S/C24H35N9O3.C23H33N9O3.C22H30N10O.C18H18N8O/c1-16(2)11-18(14-34)31(3)21-13-22(27-15-26-21)33-23(25)29-24(30-33)28-19-6-5-17(12-20(19)35-4)32-7-9-36-10-8-32;1-15(2)10-16(13-33)27-20-12-21(26-14-25-20)32-22(24)29-23(30-32)28-18-5-4-17(11-19(18)34-3)31-6-8-35-9-7-31;1-29-7-2-8-31(10-9-29)19-15-20(25-16-24-19)32-21(23)27-22(28-32)26-17-3-5-18(6-4-17)30-11-13-33-14-12-30;19-12-13-11-14(4-5-15(13)25-7-9-27-10-8-25)22-18-23-17(20)26(24-18)16-3-1-2-6-21-16/h5-6,12-13,15-16,18,34H,7-11,14H2,1-4H3,(H3,25,28,29,30);4-5,11-12,14-16,33H,6-10,13H2,1-3H3,(H,25,26,27)(H3,24,28,29,30);3-6,15-16H,2,7-14H2,1H3,(H3,23,26,27,28);1-6,11H,7-10H2,(H3,20,22,23,24)/t18-;16-;;/m00../s1. The molecular formula is C87H116N36O8. The van der Waals surface area contributed by atoms with Crippen molar-refractivity contribution in [3.8, 4) is 40.8 Å². The normalized spacial score (nSPS) is 15.3. The Balaban J connectivity index is 0.000000141. The summed E-state index contributed by atoms with van der Waals surface area (Å²) >= 11 is 0. The first-order valence-electron chi connectivity index (χ1n) is 43.6. The molecule has 5 saturated heterocycles. The van der Waals surface area contributed by atoms with E-state index in [-0.39, 0.29) is 49.1 Å². The van der Waals surface area contributed by atoms with E-state index < -0.39 is 0 Å². The Bertz CT molecular complexity index is 5670. The number of nitrogen functional groups attached to an aromatic ring is 4. The molecule has 0 radical (unpaired) electrons. The zero-order chi connectivity index (χ0) is 91.7. The summed E-state index contributed by atoms with van der Waals surface area (Å²) in [6.45, 7) is 24.9. The van der Waals surface area contributed by atoms with Gasteiger partial charge in [-0.05, 0) is 124 Å². The van der Waals surface area contributed by atoms with E-state index in [1.54, 1.807) is 55.7 Å². The Morgan fingerprint density at radius 1 is 0.450 bits per heavy atom. The SMILES string of the molecule is CN1CCCN(c2cc(-n3nc(Nc4ccc(N5CCOCC5)cc4)nc3N)ncn2)CC1.COc1cc(N2CCOCC2)ccc1Nc1nc(N)n(-c2cc(N(C)[C@H](CO)CC(C)C)ncn2)n1.COc1cc(N2CCOCC2)ccc1Nc1nc(N)n(-c2cc(N[C@H](CO)CC(C)C)ncn2)n1.N#Cc1cc(Nc2nc(N)n(-c3ccccn3)n2)ccc1N1CCOCC1. The molecule has 5 aliphatic rings. The van der Waals surface area contributed by atoms with Crippen LogP contribution in [-0.4, -0.2) is 294 Å². The number of nitrogens with one attached hydrogen (secondary N) is 5. The topological polar surface area (TPSA) is 520 Å². The van der Waals surface area contributed by atoms with Gasteiger partial charge in [0.1, 0.15) is 54.0 Å². The van der Waals surface area contributed by atoms with E-state index in [0.717, 1.165) is 140 Å². The summed E-state index contributed by atoms with van der Waals surface area (Å²) in [7, 11) is 7.30. The van der Waals surface area contributed by atoms with Crippen LogP contribution in [0.4, 0.5) is 111 Å². The third-order valence-electron chi connectivity index (χ3n) is 22.1. The Morgan fingerprint density at radius 3 is 1.42 bits per heavy atom. The van der Waals surface area contributed by atoms with E-state index in [0.29, 0.717) is 144 Å². The van der Waals surface area contributed by atoms with Crippen LogP contribution in [0.5, 0.6) is 11.5 Å². The quantitative estimate of drug-likeness (QED) is 0.0221. The number of rotatable bonds is 29. The molecule has 12 aromatic rings. The molecule has 692 valence electrons. The van der Waals surface area contributed by atoms with Crippen LogP contribution in [0.3, 0.4) is 0 Å². The molecule has 0 amide bonds. The summed E-state index contributed by atoms with van der Waals surface area (Å²) in [5.74, 6) is 8.61. The van der Waals surface area contributed by atoms with Crippen LogP contribution in [0.25, 0.3) is 23.3 Å². The lowest BCUT2D eigenvalue weighted by molar-refractivity contribution is 0.122. The lowest BCUT2D eigenvalue weighted by atomic mass is 10.0. The van der Waals surface area contributed by atoms with Crippen LogP contribution in [-0.2, 0) is 18.9 Å². The van der Waals surface area contributed by atoms with Crippen LogP contribution in [0, 0.1) is 23.2 Å². The zero-order valence-electron chi connectivity index (χ0n) is 75.0. The van der Waals surface area contributed by atoms with E-state index >= 15 is 0 Å². The van der Waals surface area contributed by atoms with Crippen molar-refractivity contribution >= 4 is 111 Å². The van der Waals surface area contributed by atoms with Crippen molar-refractivity contribution in [2.24, 2.45) is 11.8 Å². The molecular weight excluding hydrogens is 1680 g/mol. The second-order valence-corrected chi connectivity index (χ2v) is 32.2. The van der Waals surface area contributed by atoms with Gasteiger partial charge >= 0.3 is 0 Å². The molecule has 131 heavy (non-hydrogen) atoms. The lowest BCUT2D eigenvalue weighted by Crippen LogP contribution is -2.36. The molecule has 5 fully saturated rings. The highest BCUT2D eigenvalue weighted by atomic mass is 16.5. The van der Waals surface area contributed by atoms with E-state index in [1.165, 1.54) is 32.4 Å². The van der Waals surface area contributed by atoms with Crippen LogP contribution in [0.1, 0.15) is 52.5 Å². The van der Waals surface area contributed by atoms with Gasteiger partial charge in [0.05, 0.1) is 115 Å². The number of hydrogen-bond acceptors (Lipinski definition) is 40. The van der Waals surface area contributed by atoms with Crippen molar-refractivity contribution in [1.29, 1.82) is 5.26 Å². The number of ether oxygens (including phenoxy) is 6. The third kappa shape index (κ3) is 24.7.